The molecule has 0 aromatic heterocycles. The van der Waals surface area contributed by atoms with E-state index in [0.717, 1.165) is 12.1 Å². The van der Waals surface area contributed by atoms with Gasteiger partial charge in [0.2, 0.25) is 5.91 Å². The molecule has 2 aliphatic heterocycles. The Bertz CT molecular complexity index is 865. The molecule has 10 heteroatoms. The van der Waals surface area contributed by atoms with E-state index >= 15 is 0 Å². The molecular weight excluding hydrogens is 400 g/mol. The summed E-state index contributed by atoms with van der Waals surface area (Å²) in [4.78, 5) is 18.6. The van der Waals surface area contributed by atoms with Gasteiger partial charge in [0.1, 0.15) is 0 Å². The second-order valence-corrected chi connectivity index (χ2v) is 8.77. The summed E-state index contributed by atoms with van der Waals surface area (Å²) in [7, 11) is 0. The van der Waals surface area contributed by atoms with Crippen LogP contribution in [0, 0.1) is 5.41 Å². The van der Waals surface area contributed by atoms with E-state index in [4.69, 9.17) is 0 Å². The first-order chi connectivity index (χ1) is 12.8. The molecular formula is C18H18F4N2O3S. The second kappa shape index (κ2) is 6.68. The van der Waals surface area contributed by atoms with Crippen molar-refractivity contribution in [3.63, 3.8) is 0 Å². The van der Waals surface area contributed by atoms with Crippen LogP contribution in [0.15, 0.2) is 34.7 Å². The summed E-state index contributed by atoms with van der Waals surface area (Å²) in [6.45, 7) is 9.83. The fourth-order valence-corrected chi connectivity index (χ4v) is 3.45. The minimum atomic E-state index is -4.80. The first kappa shape index (κ1) is 20.5. The summed E-state index contributed by atoms with van der Waals surface area (Å²) in [5.74, 6) is -1.37. The number of thioether (sulfide) groups is 1. The van der Waals surface area contributed by atoms with E-state index in [1.165, 1.54) is 17.8 Å². The molecule has 1 aromatic rings. The number of fused-ring (bicyclic) bond motifs is 1. The molecule has 2 heterocycles. The molecule has 0 aliphatic carbocycles. The summed E-state index contributed by atoms with van der Waals surface area (Å²) in [5.41, 5.74) is 0.0805. The molecule has 0 bridgehead atoms. The predicted octanol–water partition coefficient (Wildman–Crippen LogP) is 5.03. The van der Waals surface area contributed by atoms with Crippen molar-refractivity contribution in [3.05, 3.63) is 29.7 Å². The van der Waals surface area contributed by atoms with Crippen LogP contribution in [0.5, 0.6) is 11.5 Å². The van der Waals surface area contributed by atoms with Gasteiger partial charge in [-0.2, -0.15) is 22.6 Å². The van der Waals surface area contributed by atoms with Gasteiger partial charge in [0, 0.05) is 23.1 Å². The van der Waals surface area contributed by atoms with E-state index in [1.54, 1.807) is 4.90 Å². The van der Waals surface area contributed by atoms with Crippen LogP contribution < -0.4 is 14.4 Å². The van der Waals surface area contributed by atoms with E-state index in [9.17, 15) is 22.4 Å². The number of carbonyl (C=O) groups excluding carboxylic acids is 1. The van der Waals surface area contributed by atoms with Gasteiger partial charge in [-0.3, -0.25) is 4.79 Å². The minimum absolute atomic E-state index is 0.222. The van der Waals surface area contributed by atoms with E-state index < -0.39 is 23.7 Å². The molecule has 152 valence electrons. The number of nitrogens with zero attached hydrogens (tertiary/aromatic N) is 2. The molecule has 1 amide bonds. The number of amidine groups is 1. The third-order valence-corrected chi connectivity index (χ3v) is 4.67. The SMILES string of the molecule is C=C1CN(c2ccc3c(c2)OC(F)(F)C(F)(F)O3)C(=NC(=O)CC(C)(C)C)S1. The number of ether oxygens (including phenoxy) is 2. The number of hydrogen-bond donors (Lipinski definition) is 0. The lowest BCUT2D eigenvalue weighted by molar-refractivity contribution is -0.391. The van der Waals surface area contributed by atoms with Gasteiger partial charge < -0.3 is 14.4 Å². The fourth-order valence-electron chi connectivity index (χ4n) is 2.57. The lowest BCUT2D eigenvalue weighted by Gasteiger charge is -2.32. The standard InChI is InChI=1S/C18H18F4N2O3S/c1-10-9-24(15(28-10)23-14(25)8-16(2,3)4)11-5-6-12-13(7-11)27-18(21,22)17(19,20)26-12/h5-7H,1,8-9H2,2-4H3. The normalized spacial score (nSPS) is 21.9. The average Bonchev–Trinajstić information content (AvgIpc) is 2.85. The van der Waals surface area contributed by atoms with Gasteiger partial charge in [0.25, 0.3) is 0 Å². The molecule has 0 spiro atoms. The molecule has 3 rings (SSSR count). The zero-order chi connectivity index (χ0) is 20.9. The van der Waals surface area contributed by atoms with Crippen molar-refractivity contribution < 1.29 is 31.8 Å². The Hall–Kier alpha value is -2.23. The largest absolute Gasteiger partial charge is 0.507 e. The molecule has 28 heavy (non-hydrogen) atoms. The number of carbonyl (C=O) groups is 1. The minimum Gasteiger partial charge on any atom is -0.421 e. The first-order valence-corrected chi connectivity index (χ1v) is 9.11. The number of benzene rings is 1. The maximum Gasteiger partial charge on any atom is 0.507 e. The highest BCUT2D eigenvalue weighted by molar-refractivity contribution is 8.18. The second-order valence-electron chi connectivity index (χ2n) is 7.62. The smallest absolute Gasteiger partial charge is 0.421 e. The van der Waals surface area contributed by atoms with Crippen LogP contribution in [-0.2, 0) is 4.79 Å². The Morgan fingerprint density at radius 2 is 1.82 bits per heavy atom. The highest BCUT2D eigenvalue weighted by Gasteiger charge is 2.66. The highest BCUT2D eigenvalue weighted by atomic mass is 32.2. The van der Waals surface area contributed by atoms with Crippen LogP contribution in [0.1, 0.15) is 27.2 Å². The lowest BCUT2D eigenvalue weighted by atomic mass is 9.92. The summed E-state index contributed by atoms with van der Waals surface area (Å²) in [5, 5.41) is 0.327. The Balaban J connectivity index is 1.90. The first-order valence-electron chi connectivity index (χ1n) is 8.30. The highest BCUT2D eigenvalue weighted by Crippen LogP contribution is 2.48. The van der Waals surface area contributed by atoms with E-state index in [2.05, 4.69) is 21.0 Å². The zero-order valence-electron chi connectivity index (χ0n) is 15.4. The van der Waals surface area contributed by atoms with Gasteiger partial charge in [-0.05, 0) is 17.5 Å². The summed E-state index contributed by atoms with van der Waals surface area (Å²) >= 11 is 1.18. The van der Waals surface area contributed by atoms with Crippen molar-refractivity contribution in [2.45, 2.75) is 39.4 Å². The van der Waals surface area contributed by atoms with Crippen molar-refractivity contribution >= 4 is 28.5 Å². The van der Waals surface area contributed by atoms with Crippen LogP contribution >= 0.6 is 11.8 Å². The van der Waals surface area contributed by atoms with Gasteiger partial charge in [-0.25, -0.2) is 0 Å². The summed E-state index contributed by atoms with van der Waals surface area (Å²) < 4.78 is 61.7. The van der Waals surface area contributed by atoms with Gasteiger partial charge in [-0.15, -0.1) is 0 Å². The third-order valence-electron chi connectivity index (χ3n) is 3.76. The summed E-state index contributed by atoms with van der Waals surface area (Å²) in [6.07, 6.45) is -9.35. The number of rotatable bonds is 2. The van der Waals surface area contributed by atoms with Crippen molar-refractivity contribution in [1.82, 2.24) is 0 Å². The van der Waals surface area contributed by atoms with Gasteiger partial charge in [-0.1, -0.05) is 39.1 Å². The molecule has 0 unspecified atom stereocenters. The number of halogens is 4. The average molecular weight is 418 g/mol. The van der Waals surface area contributed by atoms with Crippen LogP contribution in [-0.4, -0.2) is 29.8 Å². The molecule has 0 N–H and O–H groups in total. The van der Waals surface area contributed by atoms with E-state index in [0.29, 0.717) is 15.8 Å². The maximum absolute atomic E-state index is 13.4. The molecule has 0 radical (unpaired) electrons. The van der Waals surface area contributed by atoms with Gasteiger partial charge >= 0.3 is 12.2 Å². The van der Waals surface area contributed by atoms with Gasteiger partial charge in [0.15, 0.2) is 16.7 Å². The molecule has 1 aromatic carbocycles. The third kappa shape index (κ3) is 4.11. The maximum atomic E-state index is 13.4. The van der Waals surface area contributed by atoms with Crippen LogP contribution in [0.3, 0.4) is 0 Å². The van der Waals surface area contributed by atoms with Crippen LogP contribution in [0.25, 0.3) is 0 Å². The zero-order valence-corrected chi connectivity index (χ0v) is 16.2. The van der Waals surface area contributed by atoms with Crippen molar-refractivity contribution in [1.29, 1.82) is 0 Å². The topological polar surface area (TPSA) is 51.1 Å². The Morgan fingerprint density at radius 1 is 1.21 bits per heavy atom. The molecule has 1 fully saturated rings. The molecule has 5 nitrogen and oxygen atoms in total. The van der Waals surface area contributed by atoms with Crippen molar-refractivity contribution in [2.75, 3.05) is 11.4 Å². The number of anilines is 1. The van der Waals surface area contributed by atoms with Crippen LogP contribution in [0.2, 0.25) is 0 Å². The Kier molecular flexibility index (Phi) is 4.89. The number of hydrogen-bond acceptors (Lipinski definition) is 4. The van der Waals surface area contributed by atoms with Crippen molar-refractivity contribution in [2.24, 2.45) is 10.4 Å². The molecule has 2 aliphatic rings. The summed E-state index contributed by atoms with van der Waals surface area (Å²) in [6, 6.07) is 3.64. The fraction of sp³-hybridized carbons (Fsp3) is 0.444. The Morgan fingerprint density at radius 3 is 2.43 bits per heavy atom. The van der Waals surface area contributed by atoms with Crippen LogP contribution in [0.4, 0.5) is 23.2 Å². The molecule has 1 saturated heterocycles. The number of alkyl halides is 4. The molecule has 0 atom stereocenters. The molecule has 0 saturated carbocycles. The van der Waals surface area contributed by atoms with E-state index in [-0.39, 0.29) is 24.3 Å². The van der Waals surface area contributed by atoms with Gasteiger partial charge in [0.05, 0.1) is 6.54 Å². The predicted molar refractivity (Wildman–Crippen MR) is 98.2 cm³/mol. The number of amides is 1. The Labute approximate surface area is 163 Å². The quantitative estimate of drug-likeness (QED) is 0.631. The van der Waals surface area contributed by atoms with Crippen molar-refractivity contribution in [3.8, 4) is 11.5 Å². The van der Waals surface area contributed by atoms with E-state index in [1.807, 2.05) is 20.8 Å². The number of aliphatic imine (C=N–C) groups is 1. The lowest BCUT2D eigenvalue weighted by Crippen LogP contribution is -2.52. The monoisotopic (exact) mass is 418 g/mol.